The topological polar surface area (TPSA) is 97.8 Å². The molecular weight excluding hydrogens is 358 g/mol. The monoisotopic (exact) mass is 381 g/mol. The Hall–Kier alpha value is -2.22. The Balaban J connectivity index is 1.99. The van der Waals surface area contributed by atoms with E-state index in [-0.39, 0.29) is 29.0 Å². The minimum Gasteiger partial charge on any atom is -0.452 e. The van der Waals surface area contributed by atoms with Crippen LogP contribution < -0.4 is 0 Å². The Morgan fingerprint density at radius 2 is 1.92 bits per heavy atom. The highest BCUT2D eigenvalue weighted by atomic mass is 32.2. The molecule has 1 aromatic carbocycles. The van der Waals surface area contributed by atoms with Gasteiger partial charge >= 0.3 is 5.97 Å². The first-order valence-electron chi connectivity index (χ1n) is 8.44. The van der Waals surface area contributed by atoms with Gasteiger partial charge in [-0.2, -0.15) is 0 Å². The number of amides is 1. The third kappa shape index (κ3) is 5.39. The van der Waals surface area contributed by atoms with Crippen molar-refractivity contribution in [1.82, 2.24) is 4.90 Å². The van der Waals surface area contributed by atoms with E-state index in [0.29, 0.717) is 24.8 Å². The maximum absolute atomic E-state index is 12.5. The van der Waals surface area contributed by atoms with E-state index in [4.69, 9.17) is 4.74 Å². The van der Waals surface area contributed by atoms with E-state index in [2.05, 4.69) is 0 Å². The molecular formula is C18H23NO6S. The number of carbonyl (C=O) groups excluding carboxylic acids is 3. The van der Waals surface area contributed by atoms with Crippen molar-refractivity contribution >= 4 is 28.0 Å². The predicted molar refractivity (Wildman–Crippen MR) is 95.7 cm³/mol. The van der Waals surface area contributed by atoms with Gasteiger partial charge in [0.25, 0.3) is 5.91 Å². The summed E-state index contributed by atoms with van der Waals surface area (Å²) in [6.07, 6.45) is 1.07. The van der Waals surface area contributed by atoms with Gasteiger partial charge in [-0.15, -0.1) is 0 Å². The van der Waals surface area contributed by atoms with Crippen molar-refractivity contribution in [3.63, 3.8) is 0 Å². The number of benzene rings is 1. The smallest absolute Gasteiger partial charge is 0.338 e. The zero-order chi connectivity index (χ0) is 19.3. The molecule has 1 aliphatic heterocycles. The first-order valence-corrected chi connectivity index (χ1v) is 10.3. The second kappa shape index (κ2) is 8.44. The molecule has 1 aromatic rings. The van der Waals surface area contributed by atoms with Crippen molar-refractivity contribution in [1.29, 1.82) is 0 Å². The van der Waals surface area contributed by atoms with Crippen molar-refractivity contribution < 1.29 is 27.5 Å². The summed E-state index contributed by atoms with van der Waals surface area (Å²) >= 11 is 0. The highest BCUT2D eigenvalue weighted by Gasteiger charge is 2.35. The third-order valence-electron chi connectivity index (χ3n) is 4.14. The average molecular weight is 381 g/mol. The number of esters is 1. The molecule has 1 saturated heterocycles. The quantitative estimate of drug-likeness (QED) is 0.522. The summed E-state index contributed by atoms with van der Waals surface area (Å²) < 4.78 is 28.5. The lowest BCUT2D eigenvalue weighted by Crippen LogP contribution is -2.45. The van der Waals surface area contributed by atoms with Gasteiger partial charge in [0, 0.05) is 18.2 Å². The van der Waals surface area contributed by atoms with Crippen LogP contribution in [-0.2, 0) is 19.4 Å². The highest BCUT2D eigenvalue weighted by molar-refractivity contribution is 7.91. The van der Waals surface area contributed by atoms with Crippen LogP contribution in [0.25, 0.3) is 0 Å². The molecule has 1 unspecified atom stereocenters. The number of hydrogen-bond donors (Lipinski definition) is 0. The van der Waals surface area contributed by atoms with E-state index >= 15 is 0 Å². The molecule has 1 amide bonds. The Kier molecular flexibility index (Phi) is 6.52. The fourth-order valence-electron chi connectivity index (χ4n) is 2.86. The third-order valence-corrected chi connectivity index (χ3v) is 5.89. The minimum atomic E-state index is -3.12. The van der Waals surface area contributed by atoms with E-state index in [0.717, 1.165) is 0 Å². The van der Waals surface area contributed by atoms with Crippen LogP contribution in [0.15, 0.2) is 24.3 Å². The molecule has 7 nitrogen and oxygen atoms in total. The van der Waals surface area contributed by atoms with Crippen LogP contribution in [0.1, 0.15) is 41.0 Å². The van der Waals surface area contributed by atoms with Crippen molar-refractivity contribution in [2.75, 3.05) is 24.7 Å². The summed E-state index contributed by atoms with van der Waals surface area (Å²) in [6.45, 7) is 3.83. The van der Waals surface area contributed by atoms with Gasteiger partial charge in [-0.1, -0.05) is 26.0 Å². The van der Waals surface area contributed by atoms with Crippen molar-refractivity contribution in [3.8, 4) is 0 Å². The van der Waals surface area contributed by atoms with Crippen molar-refractivity contribution in [2.24, 2.45) is 5.92 Å². The lowest BCUT2D eigenvalue weighted by Gasteiger charge is -2.29. The summed E-state index contributed by atoms with van der Waals surface area (Å²) in [6, 6.07) is 5.50. The van der Waals surface area contributed by atoms with Crippen LogP contribution in [-0.4, -0.2) is 62.2 Å². The molecule has 1 aliphatic rings. The van der Waals surface area contributed by atoms with Gasteiger partial charge in [0.1, 0.15) is 6.29 Å². The number of aldehydes is 1. The standard InChI is InChI=1S/C18H23NO6S/c1-13(2)9-19(16-7-8-26(23,24)12-16)17(21)11-25-18(22)15-5-3-14(10-20)4-6-15/h3-6,10,13,16H,7-9,11-12H2,1-2H3. The second-order valence-electron chi connectivity index (χ2n) is 6.81. The van der Waals surface area contributed by atoms with Crippen LogP contribution >= 0.6 is 0 Å². The fourth-order valence-corrected chi connectivity index (χ4v) is 4.59. The molecule has 142 valence electrons. The summed E-state index contributed by atoms with van der Waals surface area (Å²) in [4.78, 5) is 36.7. The molecule has 0 saturated carbocycles. The second-order valence-corrected chi connectivity index (χ2v) is 9.04. The van der Waals surface area contributed by atoms with Gasteiger partial charge in [0.15, 0.2) is 16.4 Å². The molecule has 1 atom stereocenters. The summed E-state index contributed by atoms with van der Waals surface area (Å²) in [5.41, 5.74) is 0.672. The molecule has 0 N–H and O–H groups in total. The minimum absolute atomic E-state index is 0.0490. The predicted octanol–water partition coefficient (Wildman–Crippen LogP) is 1.33. The van der Waals surface area contributed by atoms with Gasteiger partial charge in [0.2, 0.25) is 0 Å². The molecule has 1 heterocycles. The molecule has 2 rings (SSSR count). The highest BCUT2D eigenvalue weighted by Crippen LogP contribution is 2.19. The zero-order valence-corrected chi connectivity index (χ0v) is 15.7. The molecule has 26 heavy (non-hydrogen) atoms. The zero-order valence-electron chi connectivity index (χ0n) is 14.9. The number of carbonyl (C=O) groups is 3. The Morgan fingerprint density at radius 1 is 1.27 bits per heavy atom. The lowest BCUT2D eigenvalue weighted by molar-refractivity contribution is -0.137. The van der Waals surface area contributed by atoms with Gasteiger partial charge < -0.3 is 9.64 Å². The molecule has 8 heteroatoms. The number of ether oxygens (including phenoxy) is 1. The summed E-state index contributed by atoms with van der Waals surface area (Å²) in [5.74, 6) is -0.888. The number of hydrogen-bond acceptors (Lipinski definition) is 6. The summed E-state index contributed by atoms with van der Waals surface area (Å²) in [5, 5.41) is 0. The summed E-state index contributed by atoms with van der Waals surface area (Å²) in [7, 11) is -3.12. The molecule has 0 aliphatic carbocycles. The van der Waals surface area contributed by atoms with E-state index in [1.54, 1.807) is 0 Å². The van der Waals surface area contributed by atoms with E-state index in [1.165, 1.54) is 29.2 Å². The SMILES string of the molecule is CC(C)CN(C(=O)COC(=O)c1ccc(C=O)cc1)C1CCS(=O)(=O)C1. The van der Waals surface area contributed by atoms with E-state index in [9.17, 15) is 22.8 Å². The van der Waals surface area contributed by atoms with Crippen LogP contribution in [0.2, 0.25) is 0 Å². The van der Waals surface area contributed by atoms with Crippen molar-refractivity contribution in [2.45, 2.75) is 26.3 Å². The Morgan fingerprint density at radius 3 is 2.42 bits per heavy atom. The van der Waals surface area contributed by atoms with E-state index < -0.39 is 28.3 Å². The Labute approximate surface area is 153 Å². The van der Waals surface area contributed by atoms with Gasteiger partial charge in [-0.25, -0.2) is 13.2 Å². The lowest BCUT2D eigenvalue weighted by atomic mass is 10.1. The van der Waals surface area contributed by atoms with Crippen molar-refractivity contribution in [3.05, 3.63) is 35.4 Å². The largest absolute Gasteiger partial charge is 0.452 e. The van der Waals surface area contributed by atoms with E-state index in [1.807, 2.05) is 13.8 Å². The average Bonchev–Trinajstić information content (AvgIpc) is 2.96. The fraction of sp³-hybridized carbons (Fsp3) is 0.500. The number of sulfone groups is 1. The maximum Gasteiger partial charge on any atom is 0.338 e. The molecule has 0 bridgehead atoms. The van der Waals surface area contributed by atoms with Crippen LogP contribution in [0.4, 0.5) is 0 Å². The Bertz CT molecular complexity index is 769. The van der Waals surface area contributed by atoms with Gasteiger partial charge in [-0.3, -0.25) is 9.59 Å². The van der Waals surface area contributed by atoms with Gasteiger partial charge in [0.05, 0.1) is 17.1 Å². The van der Waals surface area contributed by atoms with Crippen LogP contribution in [0, 0.1) is 5.92 Å². The van der Waals surface area contributed by atoms with Gasteiger partial charge in [-0.05, 0) is 24.5 Å². The number of nitrogens with zero attached hydrogens (tertiary/aromatic N) is 1. The molecule has 0 radical (unpaired) electrons. The molecule has 0 spiro atoms. The van der Waals surface area contributed by atoms with Crippen LogP contribution in [0.3, 0.4) is 0 Å². The first-order chi connectivity index (χ1) is 12.2. The number of rotatable bonds is 7. The molecule has 1 fully saturated rings. The molecule has 0 aromatic heterocycles. The normalized spacial score (nSPS) is 18.5. The first kappa shape index (κ1) is 20.1. The maximum atomic E-state index is 12.5. The van der Waals surface area contributed by atoms with Crippen LogP contribution in [0.5, 0.6) is 0 Å².